The lowest BCUT2D eigenvalue weighted by atomic mass is 10.3. The standard InChI is InChI=1S/C9H10Cl2N2O4S/c1-4(9(12)14)17-5-2-3-6(18(13,15)16)8(11)7(5)10/h2-4H,1H3,(H2,12,14)(H2,13,15,16). The molecule has 0 aliphatic heterocycles. The van der Waals surface area contributed by atoms with Gasteiger partial charge in [-0.15, -0.1) is 0 Å². The first-order valence-corrected chi connectivity index (χ1v) is 6.91. The minimum atomic E-state index is -3.98. The molecule has 4 N–H and O–H groups in total. The molecule has 1 rings (SSSR count). The first-order valence-electron chi connectivity index (χ1n) is 4.61. The summed E-state index contributed by atoms with van der Waals surface area (Å²) in [5.41, 5.74) is 5.02. The molecule has 6 nitrogen and oxygen atoms in total. The predicted octanol–water partition coefficient (Wildman–Crippen LogP) is 0.893. The van der Waals surface area contributed by atoms with Crippen LogP contribution in [-0.2, 0) is 14.8 Å². The molecule has 100 valence electrons. The summed E-state index contributed by atoms with van der Waals surface area (Å²) in [6.07, 6.45) is -0.932. The fraction of sp³-hybridized carbons (Fsp3) is 0.222. The molecule has 18 heavy (non-hydrogen) atoms. The molecule has 0 saturated carbocycles. The molecule has 0 aliphatic rings. The maximum atomic E-state index is 11.2. The average Bonchev–Trinajstić information content (AvgIpc) is 2.22. The first-order chi connectivity index (χ1) is 8.14. The van der Waals surface area contributed by atoms with Gasteiger partial charge in [-0.3, -0.25) is 4.79 Å². The average molecular weight is 313 g/mol. The third kappa shape index (κ3) is 3.26. The molecule has 9 heteroatoms. The molecule has 0 heterocycles. The molecular formula is C9H10Cl2N2O4S. The van der Waals surface area contributed by atoms with Crippen molar-refractivity contribution < 1.29 is 17.9 Å². The van der Waals surface area contributed by atoms with Gasteiger partial charge in [0.2, 0.25) is 10.0 Å². The minimum absolute atomic E-state index is 0.0420. The van der Waals surface area contributed by atoms with E-state index in [-0.39, 0.29) is 20.7 Å². The van der Waals surface area contributed by atoms with Crippen molar-refractivity contribution in [3.05, 3.63) is 22.2 Å². The fourth-order valence-electron chi connectivity index (χ4n) is 1.07. The molecule has 1 amide bonds. The quantitative estimate of drug-likeness (QED) is 0.859. The van der Waals surface area contributed by atoms with Crippen LogP contribution >= 0.6 is 23.2 Å². The molecule has 0 aliphatic carbocycles. The van der Waals surface area contributed by atoms with Crippen molar-refractivity contribution in [1.82, 2.24) is 0 Å². The van der Waals surface area contributed by atoms with E-state index in [9.17, 15) is 13.2 Å². The number of carbonyl (C=O) groups excluding carboxylic acids is 1. The summed E-state index contributed by atoms with van der Waals surface area (Å²) in [4.78, 5) is 10.5. The third-order valence-corrected chi connectivity index (χ3v) is 3.95. The Morgan fingerprint density at radius 1 is 1.33 bits per heavy atom. The van der Waals surface area contributed by atoms with E-state index in [0.29, 0.717) is 0 Å². The number of sulfonamides is 1. The lowest BCUT2D eigenvalue weighted by Crippen LogP contribution is -2.30. The number of carbonyl (C=O) groups is 1. The molecule has 0 aromatic heterocycles. The summed E-state index contributed by atoms with van der Waals surface area (Å²) >= 11 is 11.6. The van der Waals surface area contributed by atoms with E-state index in [1.165, 1.54) is 13.0 Å². The van der Waals surface area contributed by atoms with Crippen LogP contribution in [0.2, 0.25) is 10.0 Å². The van der Waals surface area contributed by atoms with Crippen LogP contribution in [-0.4, -0.2) is 20.4 Å². The number of nitrogens with two attached hydrogens (primary N) is 2. The highest BCUT2D eigenvalue weighted by Gasteiger charge is 2.20. The lowest BCUT2D eigenvalue weighted by molar-refractivity contribution is -0.123. The van der Waals surface area contributed by atoms with Crippen molar-refractivity contribution in [3.63, 3.8) is 0 Å². The van der Waals surface area contributed by atoms with Gasteiger partial charge >= 0.3 is 0 Å². The number of primary amides is 1. The summed E-state index contributed by atoms with van der Waals surface area (Å²) < 4.78 is 27.5. The highest BCUT2D eigenvalue weighted by molar-refractivity contribution is 7.89. The summed E-state index contributed by atoms with van der Waals surface area (Å²) in [7, 11) is -3.98. The van der Waals surface area contributed by atoms with Gasteiger partial charge in [-0.2, -0.15) is 0 Å². The minimum Gasteiger partial charge on any atom is -0.479 e. The third-order valence-electron chi connectivity index (χ3n) is 2.02. The molecule has 1 atom stereocenters. The number of ether oxygens (including phenoxy) is 1. The van der Waals surface area contributed by atoms with Gasteiger partial charge in [-0.05, 0) is 19.1 Å². The monoisotopic (exact) mass is 312 g/mol. The smallest absolute Gasteiger partial charge is 0.258 e. The van der Waals surface area contributed by atoms with Crippen molar-refractivity contribution in [2.45, 2.75) is 17.9 Å². The molecule has 0 spiro atoms. The van der Waals surface area contributed by atoms with Crippen LogP contribution in [0.25, 0.3) is 0 Å². The van der Waals surface area contributed by atoms with Gasteiger partial charge in [-0.1, -0.05) is 23.2 Å². The van der Waals surface area contributed by atoms with E-state index >= 15 is 0 Å². The number of benzene rings is 1. The SMILES string of the molecule is CC(Oc1ccc(S(N)(=O)=O)c(Cl)c1Cl)C(N)=O. The Kier molecular flexibility index (Phi) is 4.44. The van der Waals surface area contributed by atoms with E-state index in [2.05, 4.69) is 0 Å². The Bertz CT molecular complexity index is 588. The molecular weight excluding hydrogens is 303 g/mol. The number of amides is 1. The van der Waals surface area contributed by atoms with Crippen LogP contribution in [0.5, 0.6) is 5.75 Å². The van der Waals surface area contributed by atoms with Gasteiger partial charge < -0.3 is 10.5 Å². The maximum Gasteiger partial charge on any atom is 0.258 e. The Balaban J connectivity index is 3.21. The number of hydrogen-bond acceptors (Lipinski definition) is 4. The fourth-order valence-corrected chi connectivity index (χ4v) is 2.43. The molecule has 0 saturated heterocycles. The maximum absolute atomic E-state index is 11.2. The zero-order valence-corrected chi connectivity index (χ0v) is 11.5. The van der Waals surface area contributed by atoms with Gasteiger partial charge in [0.25, 0.3) is 5.91 Å². The second kappa shape index (κ2) is 5.31. The van der Waals surface area contributed by atoms with E-state index in [1.807, 2.05) is 0 Å². The molecule has 1 aromatic carbocycles. The van der Waals surface area contributed by atoms with Crippen LogP contribution in [0.4, 0.5) is 0 Å². The highest BCUT2D eigenvalue weighted by Crippen LogP contribution is 2.36. The zero-order valence-electron chi connectivity index (χ0n) is 9.18. The van der Waals surface area contributed by atoms with E-state index in [4.69, 9.17) is 38.8 Å². The van der Waals surface area contributed by atoms with Crippen molar-refractivity contribution in [1.29, 1.82) is 0 Å². The van der Waals surface area contributed by atoms with E-state index < -0.39 is 22.0 Å². The molecule has 1 unspecified atom stereocenters. The number of halogens is 2. The topological polar surface area (TPSA) is 112 Å². The van der Waals surface area contributed by atoms with Crippen LogP contribution in [0.3, 0.4) is 0 Å². The van der Waals surface area contributed by atoms with Gasteiger partial charge in [0.15, 0.2) is 6.10 Å². The number of hydrogen-bond donors (Lipinski definition) is 2. The van der Waals surface area contributed by atoms with Crippen LogP contribution < -0.4 is 15.6 Å². The zero-order chi connectivity index (χ0) is 14.1. The van der Waals surface area contributed by atoms with E-state index in [0.717, 1.165) is 6.07 Å². The summed E-state index contributed by atoms with van der Waals surface area (Å²) in [5, 5.41) is 4.51. The second-order valence-corrected chi connectivity index (χ2v) is 5.68. The van der Waals surface area contributed by atoms with Crippen molar-refractivity contribution in [2.24, 2.45) is 10.9 Å². The second-order valence-electron chi connectivity index (χ2n) is 3.40. The van der Waals surface area contributed by atoms with Gasteiger partial charge in [0.05, 0.1) is 5.02 Å². The Hall–Kier alpha value is -1.02. The summed E-state index contributed by atoms with van der Waals surface area (Å²) in [6, 6.07) is 2.37. The molecule has 0 radical (unpaired) electrons. The summed E-state index contributed by atoms with van der Waals surface area (Å²) in [6.45, 7) is 1.42. The lowest BCUT2D eigenvalue weighted by Gasteiger charge is -2.14. The summed E-state index contributed by atoms with van der Waals surface area (Å²) in [5.74, 6) is -0.655. The molecule has 1 aromatic rings. The Morgan fingerprint density at radius 3 is 2.33 bits per heavy atom. The number of primary sulfonamides is 1. The van der Waals surface area contributed by atoms with E-state index in [1.54, 1.807) is 0 Å². The van der Waals surface area contributed by atoms with Gasteiger partial charge in [-0.25, -0.2) is 13.6 Å². The highest BCUT2D eigenvalue weighted by atomic mass is 35.5. The van der Waals surface area contributed by atoms with Gasteiger partial charge in [0, 0.05) is 0 Å². The van der Waals surface area contributed by atoms with Crippen LogP contribution in [0.15, 0.2) is 17.0 Å². The molecule has 0 fully saturated rings. The van der Waals surface area contributed by atoms with Gasteiger partial charge in [0.1, 0.15) is 15.7 Å². The number of rotatable bonds is 4. The van der Waals surface area contributed by atoms with Crippen molar-refractivity contribution in [2.75, 3.05) is 0 Å². The first kappa shape index (κ1) is 15.0. The molecule has 0 bridgehead atoms. The van der Waals surface area contributed by atoms with Crippen molar-refractivity contribution in [3.8, 4) is 5.75 Å². The largest absolute Gasteiger partial charge is 0.479 e. The normalized spacial score (nSPS) is 13.1. The van der Waals surface area contributed by atoms with Crippen LogP contribution in [0.1, 0.15) is 6.92 Å². The predicted molar refractivity (Wildman–Crippen MR) is 67.1 cm³/mol. The van der Waals surface area contributed by atoms with Crippen LogP contribution in [0, 0.1) is 0 Å². The Morgan fingerprint density at radius 2 is 1.89 bits per heavy atom. The van der Waals surface area contributed by atoms with Crippen molar-refractivity contribution >= 4 is 39.1 Å². The Labute approximate surface area is 114 Å².